The first kappa shape index (κ1) is 25.4. The average Bonchev–Trinajstić information content (AvgIpc) is 3.13. The van der Waals surface area contributed by atoms with Crippen molar-refractivity contribution in [2.45, 2.75) is 25.9 Å². The van der Waals surface area contributed by atoms with E-state index in [1.54, 1.807) is 86.8 Å². The molecule has 3 aromatic rings. The molecule has 4 rings (SSSR count). The van der Waals surface area contributed by atoms with E-state index in [1.807, 2.05) is 6.07 Å². The molecule has 1 fully saturated rings. The Labute approximate surface area is 214 Å². The third-order valence-corrected chi connectivity index (χ3v) is 5.88. The summed E-state index contributed by atoms with van der Waals surface area (Å²) in [6.07, 6.45) is -0.239. The minimum absolute atomic E-state index is 0.122. The van der Waals surface area contributed by atoms with Gasteiger partial charge in [0.25, 0.3) is 5.91 Å². The van der Waals surface area contributed by atoms with Crippen molar-refractivity contribution >= 4 is 35.2 Å². The number of carbonyl (C=O) groups is 4. The van der Waals surface area contributed by atoms with Crippen LogP contribution < -0.4 is 15.0 Å². The summed E-state index contributed by atoms with van der Waals surface area (Å²) in [4.78, 5) is 54.1. The normalized spacial score (nSPS) is 15.0. The highest BCUT2D eigenvalue weighted by Gasteiger charge is 2.46. The fourth-order valence-electron chi connectivity index (χ4n) is 4.09. The van der Waals surface area contributed by atoms with Gasteiger partial charge in [0.05, 0.1) is 31.4 Å². The number of carbonyl (C=O) groups excluding carboxylic acids is 4. The SMILES string of the molecule is CCOC(=O)c1ccc(NC(=O)C[C@H]2C(=O)N(c3ccccc3)C(=O)N2Cc2cccc(OC)c2)cc1. The molecule has 0 spiro atoms. The van der Waals surface area contributed by atoms with Crippen LogP contribution in [0.15, 0.2) is 78.9 Å². The summed E-state index contributed by atoms with van der Waals surface area (Å²) in [5, 5.41) is 2.74. The Morgan fingerprint density at radius 3 is 2.35 bits per heavy atom. The number of benzene rings is 3. The van der Waals surface area contributed by atoms with Gasteiger partial charge in [0.15, 0.2) is 0 Å². The van der Waals surface area contributed by atoms with E-state index in [2.05, 4.69) is 5.32 Å². The van der Waals surface area contributed by atoms with Gasteiger partial charge in [-0.15, -0.1) is 0 Å². The van der Waals surface area contributed by atoms with Crippen LogP contribution in [-0.2, 0) is 20.9 Å². The fourth-order valence-corrected chi connectivity index (χ4v) is 4.09. The number of anilines is 2. The molecule has 1 saturated heterocycles. The van der Waals surface area contributed by atoms with E-state index in [4.69, 9.17) is 9.47 Å². The molecule has 0 bridgehead atoms. The Balaban J connectivity index is 1.54. The molecular weight excluding hydrogens is 474 g/mol. The number of methoxy groups -OCH3 is 1. The fraction of sp³-hybridized carbons (Fsp3) is 0.214. The zero-order valence-electron chi connectivity index (χ0n) is 20.5. The molecule has 0 saturated carbocycles. The van der Waals surface area contributed by atoms with E-state index >= 15 is 0 Å². The maximum atomic E-state index is 13.4. The standard InChI is InChI=1S/C28H27N3O6/c1-3-37-27(34)20-12-14-21(15-13-20)29-25(32)17-24-26(33)31(22-9-5-4-6-10-22)28(35)30(24)18-19-8-7-11-23(16-19)36-2/h4-16,24H,3,17-18H2,1-2H3,(H,29,32)/t24-/m0/s1. The summed E-state index contributed by atoms with van der Waals surface area (Å²) < 4.78 is 10.2. The Morgan fingerprint density at radius 1 is 0.946 bits per heavy atom. The molecule has 9 heteroatoms. The van der Waals surface area contributed by atoms with E-state index < -0.39 is 29.9 Å². The van der Waals surface area contributed by atoms with Gasteiger partial charge in [0, 0.05) is 12.2 Å². The molecule has 1 aliphatic rings. The Bertz CT molecular complexity index is 1290. The summed E-state index contributed by atoms with van der Waals surface area (Å²) in [5.74, 6) is -0.756. The number of imide groups is 1. The Morgan fingerprint density at radius 2 is 1.68 bits per heavy atom. The lowest BCUT2D eigenvalue weighted by Gasteiger charge is -2.22. The van der Waals surface area contributed by atoms with Gasteiger partial charge in [-0.05, 0) is 61.0 Å². The van der Waals surface area contributed by atoms with E-state index in [9.17, 15) is 19.2 Å². The Kier molecular flexibility index (Phi) is 7.83. The Hall–Kier alpha value is -4.66. The predicted molar refractivity (Wildman–Crippen MR) is 137 cm³/mol. The van der Waals surface area contributed by atoms with Crippen molar-refractivity contribution in [1.82, 2.24) is 4.90 Å². The predicted octanol–water partition coefficient (Wildman–Crippen LogP) is 4.24. The van der Waals surface area contributed by atoms with Crippen LogP contribution in [-0.4, -0.2) is 48.5 Å². The number of hydrogen-bond donors (Lipinski definition) is 1. The average molecular weight is 502 g/mol. The van der Waals surface area contributed by atoms with Crippen molar-refractivity contribution in [2.75, 3.05) is 23.9 Å². The molecule has 37 heavy (non-hydrogen) atoms. The summed E-state index contributed by atoms with van der Waals surface area (Å²) in [7, 11) is 1.55. The molecule has 0 aliphatic carbocycles. The molecular formula is C28H27N3O6. The van der Waals surface area contributed by atoms with Crippen LogP contribution in [0.25, 0.3) is 0 Å². The van der Waals surface area contributed by atoms with Crippen molar-refractivity contribution in [2.24, 2.45) is 0 Å². The smallest absolute Gasteiger partial charge is 0.338 e. The first-order valence-corrected chi connectivity index (χ1v) is 11.8. The zero-order chi connectivity index (χ0) is 26.4. The van der Waals surface area contributed by atoms with E-state index in [0.717, 1.165) is 10.5 Å². The lowest BCUT2D eigenvalue weighted by Crippen LogP contribution is -2.37. The second-order valence-electron chi connectivity index (χ2n) is 8.34. The van der Waals surface area contributed by atoms with Gasteiger partial charge in [-0.25, -0.2) is 14.5 Å². The topological polar surface area (TPSA) is 105 Å². The van der Waals surface area contributed by atoms with Crippen molar-refractivity contribution < 1.29 is 28.7 Å². The maximum absolute atomic E-state index is 13.4. The van der Waals surface area contributed by atoms with Crippen molar-refractivity contribution in [1.29, 1.82) is 0 Å². The quantitative estimate of drug-likeness (QED) is 0.347. The molecule has 0 aromatic heterocycles. The van der Waals surface area contributed by atoms with E-state index in [-0.39, 0.29) is 19.6 Å². The van der Waals surface area contributed by atoms with Crippen LogP contribution >= 0.6 is 0 Å². The van der Waals surface area contributed by atoms with Crippen molar-refractivity contribution in [3.63, 3.8) is 0 Å². The van der Waals surface area contributed by atoms with Crippen LogP contribution in [0.3, 0.4) is 0 Å². The second-order valence-corrected chi connectivity index (χ2v) is 8.34. The summed E-state index contributed by atoms with van der Waals surface area (Å²) in [6.45, 7) is 2.10. The monoisotopic (exact) mass is 501 g/mol. The van der Waals surface area contributed by atoms with Gasteiger partial charge in [0.2, 0.25) is 5.91 Å². The number of urea groups is 1. The highest BCUT2D eigenvalue weighted by molar-refractivity contribution is 6.22. The van der Waals surface area contributed by atoms with Crippen molar-refractivity contribution in [3.8, 4) is 5.75 Å². The molecule has 0 unspecified atom stereocenters. The lowest BCUT2D eigenvalue weighted by molar-refractivity contribution is -0.124. The van der Waals surface area contributed by atoms with Crippen LogP contribution in [0.4, 0.5) is 16.2 Å². The lowest BCUT2D eigenvalue weighted by atomic mass is 10.1. The molecule has 1 heterocycles. The molecule has 190 valence electrons. The number of para-hydroxylation sites is 1. The third-order valence-electron chi connectivity index (χ3n) is 5.88. The molecule has 1 atom stereocenters. The highest BCUT2D eigenvalue weighted by Crippen LogP contribution is 2.29. The minimum atomic E-state index is -1.00. The molecule has 1 aliphatic heterocycles. The maximum Gasteiger partial charge on any atom is 0.338 e. The molecule has 0 radical (unpaired) electrons. The van der Waals surface area contributed by atoms with Gasteiger partial charge < -0.3 is 19.7 Å². The molecule has 9 nitrogen and oxygen atoms in total. The number of hydrogen-bond acceptors (Lipinski definition) is 6. The van der Waals surface area contributed by atoms with Gasteiger partial charge in [-0.1, -0.05) is 30.3 Å². The summed E-state index contributed by atoms with van der Waals surface area (Å²) in [5.41, 5.74) is 2.01. The number of esters is 1. The van der Waals surface area contributed by atoms with Crippen LogP contribution in [0.5, 0.6) is 5.75 Å². The number of nitrogens with zero attached hydrogens (tertiary/aromatic N) is 2. The number of rotatable bonds is 9. The van der Waals surface area contributed by atoms with Gasteiger partial charge in [-0.2, -0.15) is 0 Å². The molecule has 3 aromatic carbocycles. The van der Waals surface area contributed by atoms with Gasteiger partial charge in [-0.3, -0.25) is 9.59 Å². The van der Waals surface area contributed by atoms with E-state index in [1.165, 1.54) is 4.90 Å². The minimum Gasteiger partial charge on any atom is -0.497 e. The summed E-state index contributed by atoms with van der Waals surface area (Å²) >= 11 is 0. The van der Waals surface area contributed by atoms with Crippen LogP contribution in [0.2, 0.25) is 0 Å². The number of nitrogens with one attached hydrogen (secondary N) is 1. The van der Waals surface area contributed by atoms with Crippen molar-refractivity contribution in [3.05, 3.63) is 90.0 Å². The summed E-state index contributed by atoms with van der Waals surface area (Å²) in [6, 6.07) is 20.6. The molecule has 4 amide bonds. The third kappa shape index (κ3) is 5.78. The van der Waals surface area contributed by atoms with Gasteiger partial charge in [0.1, 0.15) is 11.8 Å². The second kappa shape index (κ2) is 11.4. The number of amides is 4. The van der Waals surface area contributed by atoms with Crippen LogP contribution in [0, 0.1) is 0 Å². The van der Waals surface area contributed by atoms with E-state index in [0.29, 0.717) is 22.7 Å². The largest absolute Gasteiger partial charge is 0.497 e. The zero-order valence-corrected chi connectivity index (χ0v) is 20.5. The van der Waals surface area contributed by atoms with Crippen LogP contribution in [0.1, 0.15) is 29.3 Å². The first-order valence-electron chi connectivity index (χ1n) is 11.8. The van der Waals surface area contributed by atoms with Gasteiger partial charge >= 0.3 is 12.0 Å². The molecule has 1 N–H and O–H groups in total. The number of ether oxygens (including phenoxy) is 2. The first-order chi connectivity index (χ1) is 17.9. The highest BCUT2D eigenvalue weighted by atomic mass is 16.5.